The summed E-state index contributed by atoms with van der Waals surface area (Å²) in [5.41, 5.74) is 0.517. The summed E-state index contributed by atoms with van der Waals surface area (Å²) in [6.07, 6.45) is 5.23. The van der Waals surface area contributed by atoms with E-state index in [2.05, 4.69) is 11.2 Å². The summed E-state index contributed by atoms with van der Waals surface area (Å²) in [7, 11) is 2.98. The van der Waals surface area contributed by atoms with Crippen molar-refractivity contribution >= 4 is 17.6 Å². The molecule has 0 spiro atoms. The summed E-state index contributed by atoms with van der Waals surface area (Å²) < 4.78 is 15.4. The molecule has 6 heteroatoms. The predicted molar refractivity (Wildman–Crippen MR) is 80.8 cm³/mol. The van der Waals surface area contributed by atoms with Crippen LogP contribution in [0.1, 0.15) is 18.5 Å². The third-order valence-corrected chi connectivity index (χ3v) is 3.15. The number of terminal acetylenes is 1. The van der Waals surface area contributed by atoms with E-state index in [0.29, 0.717) is 17.1 Å². The highest BCUT2D eigenvalue weighted by Gasteiger charge is 2.26. The van der Waals surface area contributed by atoms with Crippen LogP contribution < -0.4 is 14.8 Å². The van der Waals surface area contributed by atoms with Gasteiger partial charge < -0.3 is 14.2 Å². The molecule has 0 saturated carbocycles. The molecule has 1 atom stereocenters. The fourth-order valence-electron chi connectivity index (χ4n) is 1.83. The fourth-order valence-corrected chi connectivity index (χ4v) is 2.18. The van der Waals surface area contributed by atoms with Gasteiger partial charge in [-0.05, 0) is 13.0 Å². The molecule has 1 N–H and O–H groups in total. The van der Waals surface area contributed by atoms with E-state index >= 15 is 0 Å². The zero-order chi connectivity index (χ0) is 15.8. The van der Waals surface area contributed by atoms with Crippen molar-refractivity contribution in [1.29, 1.82) is 0 Å². The molecule has 5 nitrogen and oxygen atoms in total. The summed E-state index contributed by atoms with van der Waals surface area (Å²) in [4.78, 5) is 12.1. The van der Waals surface area contributed by atoms with E-state index in [0.717, 1.165) is 0 Å². The van der Waals surface area contributed by atoms with Gasteiger partial charge in [-0.25, -0.2) is 4.79 Å². The summed E-state index contributed by atoms with van der Waals surface area (Å²) in [5.74, 6) is 2.79. The Balaban J connectivity index is 3.24. The first-order chi connectivity index (χ1) is 10.1. The lowest BCUT2D eigenvalue weighted by Crippen LogP contribution is -2.30. The molecule has 0 aromatic heterocycles. The van der Waals surface area contributed by atoms with Gasteiger partial charge in [0.1, 0.15) is 6.04 Å². The average Bonchev–Trinajstić information content (AvgIpc) is 2.48. The van der Waals surface area contributed by atoms with Crippen molar-refractivity contribution in [2.45, 2.75) is 13.0 Å². The van der Waals surface area contributed by atoms with E-state index in [1.54, 1.807) is 19.1 Å². The standard InChI is InChI=1S/C15H18ClNO4/c1-5-9-17-13(15(18)21-6-2)10-7-8-11(19-3)14(20-4)12(10)16/h1,7-8,13,17H,6,9H2,2-4H3. The number of benzene rings is 1. The van der Waals surface area contributed by atoms with Gasteiger partial charge in [0.15, 0.2) is 11.5 Å². The number of carbonyl (C=O) groups excluding carboxylic acids is 1. The Morgan fingerprint density at radius 3 is 2.67 bits per heavy atom. The number of hydrogen-bond acceptors (Lipinski definition) is 5. The highest BCUT2D eigenvalue weighted by Crippen LogP contribution is 2.39. The summed E-state index contributed by atoms with van der Waals surface area (Å²) in [5, 5.41) is 3.19. The predicted octanol–water partition coefficient (Wildman–Crippen LogP) is 2.18. The van der Waals surface area contributed by atoms with Gasteiger partial charge in [0.05, 0.1) is 32.4 Å². The van der Waals surface area contributed by atoms with E-state index in [4.69, 9.17) is 32.2 Å². The van der Waals surface area contributed by atoms with Crippen molar-refractivity contribution in [2.24, 2.45) is 0 Å². The maximum atomic E-state index is 12.1. The molecule has 1 aromatic carbocycles. The Hall–Kier alpha value is -1.90. The number of hydrogen-bond donors (Lipinski definition) is 1. The fraction of sp³-hybridized carbons (Fsp3) is 0.400. The van der Waals surface area contributed by atoms with Crippen LogP contribution in [-0.2, 0) is 9.53 Å². The molecule has 1 rings (SSSR count). The average molecular weight is 312 g/mol. The van der Waals surface area contributed by atoms with Gasteiger partial charge in [-0.15, -0.1) is 6.42 Å². The summed E-state index contributed by atoms with van der Waals surface area (Å²) >= 11 is 6.31. The quantitative estimate of drug-likeness (QED) is 0.618. The molecular weight excluding hydrogens is 294 g/mol. The van der Waals surface area contributed by atoms with Crippen LogP contribution in [0.2, 0.25) is 5.02 Å². The van der Waals surface area contributed by atoms with E-state index in [1.165, 1.54) is 14.2 Å². The number of nitrogens with one attached hydrogen (secondary N) is 1. The largest absolute Gasteiger partial charge is 0.493 e. The van der Waals surface area contributed by atoms with Crippen LogP contribution in [0, 0.1) is 12.3 Å². The van der Waals surface area contributed by atoms with Gasteiger partial charge in [-0.1, -0.05) is 23.6 Å². The number of rotatable bonds is 7. The second-order valence-corrected chi connectivity index (χ2v) is 4.35. The van der Waals surface area contributed by atoms with Crippen molar-refractivity contribution in [3.05, 3.63) is 22.7 Å². The molecule has 0 saturated heterocycles. The number of carbonyl (C=O) groups is 1. The highest BCUT2D eigenvalue weighted by atomic mass is 35.5. The first-order valence-corrected chi connectivity index (χ1v) is 6.72. The van der Waals surface area contributed by atoms with Gasteiger partial charge in [-0.2, -0.15) is 0 Å². The van der Waals surface area contributed by atoms with Crippen LogP contribution in [0.25, 0.3) is 0 Å². The molecule has 1 aromatic rings. The SMILES string of the molecule is C#CCNC(C(=O)OCC)c1ccc(OC)c(OC)c1Cl. The molecule has 0 aliphatic rings. The lowest BCUT2D eigenvalue weighted by molar-refractivity contribution is -0.145. The second kappa shape index (κ2) is 8.40. The van der Waals surface area contributed by atoms with E-state index in [-0.39, 0.29) is 18.2 Å². The van der Waals surface area contributed by atoms with Gasteiger partial charge in [0, 0.05) is 5.56 Å². The lowest BCUT2D eigenvalue weighted by Gasteiger charge is -2.20. The maximum Gasteiger partial charge on any atom is 0.327 e. The van der Waals surface area contributed by atoms with Gasteiger partial charge in [-0.3, -0.25) is 5.32 Å². The van der Waals surface area contributed by atoms with Crippen molar-refractivity contribution in [3.8, 4) is 23.8 Å². The maximum absolute atomic E-state index is 12.1. The molecule has 0 radical (unpaired) electrons. The molecule has 0 aliphatic heterocycles. The Morgan fingerprint density at radius 1 is 1.43 bits per heavy atom. The first-order valence-electron chi connectivity index (χ1n) is 6.34. The van der Waals surface area contributed by atoms with Crippen LogP contribution in [0.5, 0.6) is 11.5 Å². The number of halogens is 1. The zero-order valence-electron chi connectivity index (χ0n) is 12.2. The minimum atomic E-state index is -0.770. The number of methoxy groups -OCH3 is 2. The van der Waals surface area contributed by atoms with Crippen LogP contribution in [0.15, 0.2) is 12.1 Å². The minimum absolute atomic E-state index is 0.203. The molecule has 114 valence electrons. The molecule has 1 unspecified atom stereocenters. The molecular formula is C15H18ClNO4. The lowest BCUT2D eigenvalue weighted by atomic mass is 10.1. The monoisotopic (exact) mass is 311 g/mol. The number of esters is 1. The Morgan fingerprint density at radius 2 is 2.14 bits per heavy atom. The molecule has 21 heavy (non-hydrogen) atoms. The van der Waals surface area contributed by atoms with E-state index < -0.39 is 12.0 Å². The van der Waals surface area contributed by atoms with Crippen molar-refractivity contribution in [2.75, 3.05) is 27.4 Å². The van der Waals surface area contributed by atoms with E-state index in [9.17, 15) is 4.79 Å². The van der Waals surface area contributed by atoms with E-state index in [1.807, 2.05) is 0 Å². The summed E-state index contributed by atoms with van der Waals surface area (Å²) in [6.45, 7) is 2.19. The van der Waals surface area contributed by atoms with Crippen molar-refractivity contribution < 1.29 is 19.0 Å². The van der Waals surface area contributed by atoms with Gasteiger partial charge >= 0.3 is 5.97 Å². The normalized spacial score (nSPS) is 11.4. The van der Waals surface area contributed by atoms with Crippen molar-refractivity contribution in [1.82, 2.24) is 5.32 Å². The smallest absolute Gasteiger partial charge is 0.327 e. The minimum Gasteiger partial charge on any atom is -0.493 e. The van der Waals surface area contributed by atoms with Crippen LogP contribution >= 0.6 is 11.6 Å². The molecule has 0 bridgehead atoms. The van der Waals surface area contributed by atoms with Gasteiger partial charge in [0.25, 0.3) is 0 Å². The third-order valence-electron chi connectivity index (χ3n) is 2.76. The van der Waals surface area contributed by atoms with Crippen LogP contribution in [0.3, 0.4) is 0 Å². The van der Waals surface area contributed by atoms with Gasteiger partial charge in [0.2, 0.25) is 0 Å². The second-order valence-electron chi connectivity index (χ2n) is 3.97. The Kier molecular flexibility index (Phi) is 6.86. The molecule has 0 aliphatic carbocycles. The molecule has 0 fully saturated rings. The zero-order valence-corrected chi connectivity index (χ0v) is 13.0. The topological polar surface area (TPSA) is 56.8 Å². The van der Waals surface area contributed by atoms with Crippen molar-refractivity contribution in [3.63, 3.8) is 0 Å². The molecule has 0 amide bonds. The highest BCUT2D eigenvalue weighted by molar-refractivity contribution is 6.33. The molecule has 0 heterocycles. The van der Waals surface area contributed by atoms with Crippen LogP contribution in [0.4, 0.5) is 0 Å². The number of ether oxygens (including phenoxy) is 3. The third kappa shape index (κ3) is 4.03. The van der Waals surface area contributed by atoms with Crippen LogP contribution in [-0.4, -0.2) is 33.3 Å². The Bertz CT molecular complexity index is 539. The first kappa shape index (κ1) is 17.2. The Labute approximate surface area is 129 Å². The summed E-state index contributed by atoms with van der Waals surface area (Å²) in [6, 6.07) is 2.58.